The first-order valence-corrected chi connectivity index (χ1v) is 7.87. The van der Waals surface area contributed by atoms with Crippen LogP contribution in [0.3, 0.4) is 0 Å². The van der Waals surface area contributed by atoms with E-state index in [0.29, 0.717) is 18.1 Å². The molecule has 23 heavy (non-hydrogen) atoms. The van der Waals surface area contributed by atoms with Gasteiger partial charge in [-0.1, -0.05) is 6.07 Å². The lowest BCUT2D eigenvalue weighted by molar-refractivity contribution is -0.142. The minimum atomic E-state index is -0.285. The van der Waals surface area contributed by atoms with Crippen molar-refractivity contribution in [2.45, 2.75) is 26.2 Å². The fourth-order valence-electron chi connectivity index (χ4n) is 2.52. The maximum Gasteiger partial charge on any atom is 0.310 e. The van der Waals surface area contributed by atoms with E-state index in [1.54, 1.807) is 25.1 Å². The predicted octanol–water partition coefficient (Wildman–Crippen LogP) is 1.80. The van der Waals surface area contributed by atoms with Gasteiger partial charge in [-0.2, -0.15) is 0 Å². The van der Waals surface area contributed by atoms with Gasteiger partial charge in [0.15, 0.2) is 18.1 Å². The molecule has 0 unspecified atom stereocenters. The Hall–Kier alpha value is -2.24. The summed E-state index contributed by atoms with van der Waals surface area (Å²) < 4.78 is 15.8. The van der Waals surface area contributed by atoms with Gasteiger partial charge in [-0.3, -0.25) is 9.59 Å². The minimum Gasteiger partial charge on any atom is -0.493 e. The molecule has 0 radical (unpaired) electrons. The Kier molecular flexibility index (Phi) is 6.26. The van der Waals surface area contributed by atoms with Gasteiger partial charge in [-0.05, 0) is 37.5 Å². The molecular formula is C17H23NO5. The molecule has 126 valence electrons. The van der Waals surface area contributed by atoms with Crippen LogP contribution in [0, 0.1) is 0 Å². The Bertz CT molecular complexity index is 552. The molecule has 0 N–H and O–H groups in total. The number of ether oxygens (including phenoxy) is 3. The van der Waals surface area contributed by atoms with Crippen molar-refractivity contribution in [1.29, 1.82) is 0 Å². The second kappa shape index (κ2) is 8.41. The summed E-state index contributed by atoms with van der Waals surface area (Å²) >= 11 is 0. The van der Waals surface area contributed by atoms with Crippen molar-refractivity contribution in [1.82, 2.24) is 4.90 Å². The van der Waals surface area contributed by atoms with E-state index in [2.05, 4.69) is 0 Å². The van der Waals surface area contributed by atoms with Gasteiger partial charge in [0.05, 0.1) is 20.1 Å². The summed E-state index contributed by atoms with van der Waals surface area (Å²) in [4.78, 5) is 25.3. The lowest BCUT2D eigenvalue weighted by Gasteiger charge is -2.16. The maximum atomic E-state index is 12.0. The van der Waals surface area contributed by atoms with Crippen molar-refractivity contribution in [3.8, 4) is 11.5 Å². The van der Waals surface area contributed by atoms with Crippen LogP contribution in [0.15, 0.2) is 18.2 Å². The van der Waals surface area contributed by atoms with Gasteiger partial charge in [-0.15, -0.1) is 0 Å². The SMILES string of the molecule is CCOC(=O)Cc1ccc(OCC(=O)N2CCCC2)c(OC)c1. The molecule has 1 saturated heterocycles. The Morgan fingerprint density at radius 3 is 2.57 bits per heavy atom. The third-order valence-corrected chi connectivity index (χ3v) is 3.69. The van der Waals surface area contributed by atoms with E-state index in [1.165, 1.54) is 7.11 Å². The first-order chi connectivity index (χ1) is 11.1. The van der Waals surface area contributed by atoms with Crippen LogP contribution in [0.1, 0.15) is 25.3 Å². The number of likely N-dealkylation sites (tertiary alicyclic amines) is 1. The van der Waals surface area contributed by atoms with Crippen LogP contribution in [0.4, 0.5) is 0 Å². The summed E-state index contributed by atoms with van der Waals surface area (Å²) in [7, 11) is 1.53. The third kappa shape index (κ3) is 4.87. The Morgan fingerprint density at radius 1 is 1.17 bits per heavy atom. The molecule has 1 heterocycles. The summed E-state index contributed by atoms with van der Waals surface area (Å²) in [6.07, 6.45) is 2.28. The van der Waals surface area contributed by atoms with Gasteiger partial charge < -0.3 is 19.1 Å². The number of esters is 1. The Morgan fingerprint density at radius 2 is 1.91 bits per heavy atom. The number of rotatable bonds is 7. The van der Waals surface area contributed by atoms with Crippen molar-refractivity contribution in [3.05, 3.63) is 23.8 Å². The number of hydrogen-bond acceptors (Lipinski definition) is 5. The third-order valence-electron chi connectivity index (χ3n) is 3.69. The molecule has 0 aromatic heterocycles. The molecule has 0 spiro atoms. The maximum absolute atomic E-state index is 12.0. The van der Waals surface area contributed by atoms with E-state index in [1.807, 2.05) is 4.90 Å². The average molecular weight is 321 g/mol. The van der Waals surface area contributed by atoms with E-state index in [4.69, 9.17) is 14.2 Å². The average Bonchev–Trinajstić information content (AvgIpc) is 3.08. The van der Waals surface area contributed by atoms with Gasteiger partial charge in [0.2, 0.25) is 0 Å². The zero-order valence-electron chi connectivity index (χ0n) is 13.7. The molecule has 6 heteroatoms. The van der Waals surface area contributed by atoms with E-state index in [0.717, 1.165) is 31.5 Å². The molecule has 2 rings (SSSR count). The first-order valence-electron chi connectivity index (χ1n) is 7.87. The normalized spacial score (nSPS) is 13.7. The van der Waals surface area contributed by atoms with Crippen molar-refractivity contribution < 1.29 is 23.8 Å². The summed E-state index contributed by atoms with van der Waals surface area (Å²) in [5.41, 5.74) is 0.776. The molecular weight excluding hydrogens is 298 g/mol. The molecule has 1 aliphatic rings. The smallest absolute Gasteiger partial charge is 0.310 e. The van der Waals surface area contributed by atoms with Crippen molar-refractivity contribution in [2.75, 3.05) is 33.4 Å². The fraction of sp³-hybridized carbons (Fsp3) is 0.529. The van der Waals surface area contributed by atoms with Crippen LogP contribution >= 0.6 is 0 Å². The Labute approximate surface area is 136 Å². The largest absolute Gasteiger partial charge is 0.493 e. The second-order valence-electron chi connectivity index (χ2n) is 5.34. The lowest BCUT2D eigenvalue weighted by atomic mass is 10.1. The van der Waals surface area contributed by atoms with Gasteiger partial charge in [0.1, 0.15) is 0 Å². The monoisotopic (exact) mass is 321 g/mol. The molecule has 1 fully saturated rings. The molecule has 0 atom stereocenters. The number of carbonyl (C=O) groups is 2. The number of benzene rings is 1. The molecule has 1 aliphatic heterocycles. The van der Waals surface area contributed by atoms with Gasteiger partial charge in [-0.25, -0.2) is 0 Å². The number of nitrogens with zero attached hydrogens (tertiary/aromatic N) is 1. The van der Waals surface area contributed by atoms with E-state index < -0.39 is 0 Å². The van der Waals surface area contributed by atoms with Crippen LogP contribution < -0.4 is 9.47 Å². The highest BCUT2D eigenvalue weighted by atomic mass is 16.5. The van der Waals surface area contributed by atoms with Gasteiger partial charge in [0, 0.05) is 13.1 Å². The molecule has 0 bridgehead atoms. The highest BCUT2D eigenvalue weighted by Crippen LogP contribution is 2.28. The number of carbonyl (C=O) groups excluding carboxylic acids is 2. The zero-order valence-corrected chi connectivity index (χ0v) is 13.7. The quantitative estimate of drug-likeness (QED) is 0.717. The van der Waals surface area contributed by atoms with Crippen LogP contribution in [0.2, 0.25) is 0 Å². The van der Waals surface area contributed by atoms with Crippen LogP contribution in [0.5, 0.6) is 11.5 Å². The van der Waals surface area contributed by atoms with Crippen molar-refractivity contribution in [3.63, 3.8) is 0 Å². The summed E-state index contributed by atoms with van der Waals surface area (Å²) in [5, 5.41) is 0. The molecule has 0 saturated carbocycles. The molecule has 1 aromatic carbocycles. The number of hydrogen-bond donors (Lipinski definition) is 0. The number of amides is 1. The zero-order chi connectivity index (χ0) is 16.7. The fourth-order valence-corrected chi connectivity index (χ4v) is 2.52. The minimum absolute atomic E-state index is 0.00637. The molecule has 1 aromatic rings. The Balaban J connectivity index is 1.95. The summed E-state index contributed by atoms with van der Waals surface area (Å²) in [5.74, 6) is 0.696. The molecule has 1 amide bonds. The van der Waals surface area contributed by atoms with Crippen LogP contribution in [-0.2, 0) is 20.7 Å². The summed E-state index contributed by atoms with van der Waals surface area (Å²) in [6, 6.07) is 5.21. The van der Waals surface area contributed by atoms with Crippen molar-refractivity contribution in [2.24, 2.45) is 0 Å². The van der Waals surface area contributed by atoms with E-state index >= 15 is 0 Å². The summed E-state index contributed by atoms with van der Waals surface area (Å²) in [6.45, 7) is 3.73. The van der Waals surface area contributed by atoms with Crippen LogP contribution in [0.25, 0.3) is 0 Å². The molecule has 0 aliphatic carbocycles. The topological polar surface area (TPSA) is 65.1 Å². The van der Waals surface area contributed by atoms with Crippen molar-refractivity contribution >= 4 is 11.9 Å². The number of methoxy groups -OCH3 is 1. The predicted molar refractivity (Wildman–Crippen MR) is 84.6 cm³/mol. The van der Waals surface area contributed by atoms with Gasteiger partial charge in [0.25, 0.3) is 5.91 Å². The highest BCUT2D eigenvalue weighted by molar-refractivity contribution is 5.78. The standard InChI is InChI=1S/C17H23NO5/c1-3-22-17(20)11-13-6-7-14(15(10-13)21-2)23-12-16(19)18-8-4-5-9-18/h6-7,10H,3-5,8-9,11-12H2,1-2H3. The van der Waals surface area contributed by atoms with Crippen LogP contribution in [-0.4, -0.2) is 50.2 Å². The van der Waals surface area contributed by atoms with E-state index in [9.17, 15) is 9.59 Å². The lowest BCUT2D eigenvalue weighted by Crippen LogP contribution is -2.32. The van der Waals surface area contributed by atoms with Gasteiger partial charge >= 0.3 is 5.97 Å². The molecule has 6 nitrogen and oxygen atoms in total. The second-order valence-corrected chi connectivity index (χ2v) is 5.34. The van der Waals surface area contributed by atoms with E-state index in [-0.39, 0.29) is 24.9 Å². The first kappa shape index (κ1) is 17.1. The highest BCUT2D eigenvalue weighted by Gasteiger charge is 2.19.